The molecule has 1 aliphatic heterocycles. The normalized spacial score (nSPS) is 16.5. The molecule has 1 heterocycles. The molecule has 0 radical (unpaired) electrons. The minimum atomic E-state index is -0.553. The number of hydrogen-bond donors (Lipinski definition) is 3. The van der Waals surface area contributed by atoms with Crippen molar-refractivity contribution in [2.24, 2.45) is 4.99 Å². The average Bonchev–Trinajstić information content (AvgIpc) is 3.18. The van der Waals surface area contributed by atoms with Crippen molar-refractivity contribution in [3.8, 4) is 0 Å². The molecular weight excluding hydrogens is 388 g/mol. The second kappa shape index (κ2) is 10.0. The number of halogens is 2. The van der Waals surface area contributed by atoms with Gasteiger partial charge < -0.3 is 20.9 Å². The first-order valence-corrected chi connectivity index (χ1v) is 9.99. The van der Waals surface area contributed by atoms with E-state index in [2.05, 4.69) is 20.9 Å². The number of hydrogen-bond acceptors (Lipinski definition) is 3. The van der Waals surface area contributed by atoms with Crippen molar-refractivity contribution in [1.82, 2.24) is 16.0 Å². The van der Waals surface area contributed by atoms with E-state index in [-0.39, 0.29) is 17.6 Å². The third kappa shape index (κ3) is 5.46. The average molecular weight is 415 g/mol. The van der Waals surface area contributed by atoms with Crippen LogP contribution in [0.25, 0.3) is 0 Å². The molecule has 3 rings (SSSR count). The van der Waals surface area contributed by atoms with E-state index >= 15 is 0 Å². The highest BCUT2D eigenvalue weighted by molar-refractivity contribution is 5.94. The van der Waals surface area contributed by atoms with Crippen LogP contribution in [0.15, 0.2) is 47.5 Å². The third-order valence-corrected chi connectivity index (χ3v) is 4.99. The summed E-state index contributed by atoms with van der Waals surface area (Å²) in [6, 6.07) is 11.3. The monoisotopic (exact) mass is 415 g/mol. The second-order valence-corrected chi connectivity index (χ2v) is 7.27. The van der Waals surface area contributed by atoms with Gasteiger partial charge in [-0.05, 0) is 37.6 Å². The number of benzene rings is 2. The number of anilines is 1. The van der Waals surface area contributed by atoms with Crippen molar-refractivity contribution < 1.29 is 13.6 Å². The molecule has 160 valence electrons. The Kier molecular flexibility index (Phi) is 7.21. The van der Waals surface area contributed by atoms with Crippen molar-refractivity contribution in [3.05, 3.63) is 65.2 Å². The summed E-state index contributed by atoms with van der Waals surface area (Å²) >= 11 is 0. The van der Waals surface area contributed by atoms with Crippen LogP contribution in [0.1, 0.15) is 22.3 Å². The van der Waals surface area contributed by atoms with E-state index in [9.17, 15) is 13.6 Å². The van der Waals surface area contributed by atoms with Gasteiger partial charge in [-0.25, -0.2) is 8.78 Å². The fourth-order valence-corrected chi connectivity index (χ4v) is 3.51. The minimum absolute atomic E-state index is 0.0112. The van der Waals surface area contributed by atoms with Crippen LogP contribution in [0.5, 0.6) is 0 Å². The van der Waals surface area contributed by atoms with Gasteiger partial charge in [0.1, 0.15) is 17.3 Å². The van der Waals surface area contributed by atoms with Crippen LogP contribution in [0.2, 0.25) is 0 Å². The van der Waals surface area contributed by atoms with Crippen LogP contribution in [0.4, 0.5) is 14.5 Å². The molecule has 30 heavy (non-hydrogen) atoms. The maximum atomic E-state index is 14.0. The number of aryl methyl sites for hydroxylation is 1. The Balaban J connectivity index is 1.43. The van der Waals surface area contributed by atoms with Crippen molar-refractivity contribution >= 4 is 17.6 Å². The molecule has 2 aromatic carbocycles. The Morgan fingerprint density at radius 3 is 2.53 bits per heavy atom. The molecule has 0 aliphatic carbocycles. The summed E-state index contributed by atoms with van der Waals surface area (Å²) in [7, 11) is 1.66. The molecule has 0 spiro atoms. The van der Waals surface area contributed by atoms with Gasteiger partial charge in [0.25, 0.3) is 5.91 Å². The number of nitrogens with one attached hydrogen (secondary N) is 3. The van der Waals surface area contributed by atoms with Gasteiger partial charge in [-0.1, -0.05) is 23.8 Å². The highest BCUT2D eigenvalue weighted by Crippen LogP contribution is 2.26. The van der Waals surface area contributed by atoms with Gasteiger partial charge in [0.15, 0.2) is 5.96 Å². The summed E-state index contributed by atoms with van der Waals surface area (Å²) in [5.41, 5.74) is 1.68. The van der Waals surface area contributed by atoms with E-state index < -0.39 is 11.6 Å². The predicted molar refractivity (Wildman–Crippen MR) is 115 cm³/mol. The van der Waals surface area contributed by atoms with E-state index in [1.807, 2.05) is 25.1 Å². The van der Waals surface area contributed by atoms with Crippen LogP contribution in [-0.4, -0.2) is 51.1 Å². The standard InChI is InChI=1S/C22H27F2N5O/c1-15-5-3-6-16(13-15)21(30)26-10-11-27-22(25-2)28-17-9-12-29(14-17)20-18(23)7-4-8-19(20)24/h3-8,13,17H,9-12,14H2,1-2H3,(H,26,30)(H2,25,27,28). The second-order valence-electron chi connectivity index (χ2n) is 7.27. The van der Waals surface area contributed by atoms with Gasteiger partial charge in [0.2, 0.25) is 0 Å². The first-order chi connectivity index (χ1) is 14.5. The number of nitrogens with zero attached hydrogens (tertiary/aromatic N) is 2. The summed E-state index contributed by atoms with van der Waals surface area (Å²) in [6.07, 6.45) is 0.735. The zero-order chi connectivity index (χ0) is 21.5. The highest BCUT2D eigenvalue weighted by atomic mass is 19.1. The molecule has 6 nitrogen and oxygen atoms in total. The van der Waals surface area contributed by atoms with E-state index in [0.29, 0.717) is 37.7 Å². The molecule has 1 unspecified atom stereocenters. The molecule has 3 N–H and O–H groups in total. The number of rotatable bonds is 6. The molecule has 1 atom stereocenters. The number of amides is 1. The maximum absolute atomic E-state index is 14.0. The van der Waals surface area contributed by atoms with Gasteiger partial charge in [0, 0.05) is 44.8 Å². The Bertz CT molecular complexity index is 898. The molecule has 0 saturated carbocycles. The fourth-order valence-electron chi connectivity index (χ4n) is 3.51. The predicted octanol–water partition coefficient (Wildman–Crippen LogP) is 2.45. The molecule has 1 amide bonds. The Hall–Kier alpha value is -3.16. The summed E-state index contributed by atoms with van der Waals surface area (Å²) < 4.78 is 28.0. The van der Waals surface area contributed by atoms with Crippen molar-refractivity contribution in [3.63, 3.8) is 0 Å². The van der Waals surface area contributed by atoms with Gasteiger partial charge >= 0.3 is 0 Å². The smallest absolute Gasteiger partial charge is 0.251 e. The van der Waals surface area contributed by atoms with Crippen LogP contribution >= 0.6 is 0 Å². The lowest BCUT2D eigenvalue weighted by molar-refractivity contribution is 0.0954. The topological polar surface area (TPSA) is 68.8 Å². The quantitative estimate of drug-likeness (QED) is 0.385. The Labute approximate surface area is 175 Å². The van der Waals surface area contributed by atoms with E-state index in [1.54, 1.807) is 18.0 Å². The summed E-state index contributed by atoms with van der Waals surface area (Å²) in [6.45, 7) is 3.90. The number of carbonyl (C=O) groups is 1. The van der Waals surface area contributed by atoms with Crippen LogP contribution in [0.3, 0.4) is 0 Å². The molecule has 2 aromatic rings. The zero-order valence-corrected chi connectivity index (χ0v) is 17.2. The first-order valence-electron chi connectivity index (χ1n) is 9.99. The van der Waals surface area contributed by atoms with Crippen LogP contribution < -0.4 is 20.9 Å². The SMILES string of the molecule is CN=C(NCCNC(=O)c1cccc(C)c1)NC1CCN(c2c(F)cccc2F)C1. The molecule has 1 saturated heterocycles. The third-order valence-electron chi connectivity index (χ3n) is 4.99. The summed E-state index contributed by atoms with van der Waals surface area (Å²) in [5.74, 6) is -0.646. The van der Waals surface area contributed by atoms with Crippen molar-refractivity contribution in [2.75, 3.05) is 38.1 Å². The molecule has 8 heteroatoms. The van der Waals surface area contributed by atoms with Gasteiger partial charge in [-0.2, -0.15) is 0 Å². The lowest BCUT2D eigenvalue weighted by Crippen LogP contribution is -2.46. The maximum Gasteiger partial charge on any atom is 0.251 e. The van der Waals surface area contributed by atoms with E-state index in [1.165, 1.54) is 18.2 Å². The lowest BCUT2D eigenvalue weighted by Gasteiger charge is -2.21. The molecule has 1 aliphatic rings. The fraction of sp³-hybridized carbons (Fsp3) is 0.364. The summed E-state index contributed by atoms with van der Waals surface area (Å²) in [4.78, 5) is 18.1. The van der Waals surface area contributed by atoms with E-state index in [0.717, 1.165) is 12.0 Å². The lowest BCUT2D eigenvalue weighted by atomic mass is 10.1. The minimum Gasteiger partial charge on any atom is -0.365 e. The number of aliphatic imine (C=N–C) groups is 1. The molecular formula is C22H27F2N5O. The van der Waals surface area contributed by atoms with Crippen molar-refractivity contribution in [1.29, 1.82) is 0 Å². The highest BCUT2D eigenvalue weighted by Gasteiger charge is 2.27. The zero-order valence-electron chi connectivity index (χ0n) is 17.2. The molecule has 0 bridgehead atoms. The van der Waals surface area contributed by atoms with Crippen LogP contribution in [0, 0.1) is 18.6 Å². The number of para-hydroxylation sites is 1. The number of carbonyl (C=O) groups excluding carboxylic acids is 1. The Morgan fingerprint density at radius 2 is 1.83 bits per heavy atom. The van der Waals surface area contributed by atoms with Crippen molar-refractivity contribution in [2.45, 2.75) is 19.4 Å². The van der Waals surface area contributed by atoms with Gasteiger partial charge in [-0.3, -0.25) is 9.79 Å². The molecule has 0 aromatic heterocycles. The molecule has 1 fully saturated rings. The van der Waals surface area contributed by atoms with Gasteiger partial charge in [0.05, 0.1) is 0 Å². The van der Waals surface area contributed by atoms with E-state index in [4.69, 9.17) is 0 Å². The van der Waals surface area contributed by atoms with Gasteiger partial charge in [-0.15, -0.1) is 0 Å². The Morgan fingerprint density at radius 1 is 1.13 bits per heavy atom. The summed E-state index contributed by atoms with van der Waals surface area (Å²) in [5, 5.41) is 9.29. The first kappa shape index (κ1) is 21.5. The largest absolute Gasteiger partial charge is 0.365 e. The number of guanidine groups is 1. The van der Waals surface area contributed by atoms with Crippen LogP contribution in [-0.2, 0) is 0 Å².